The second kappa shape index (κ2) is 12.4. The second-order valence-corrected chi connectivity index (χ2v) is 1.48. The fourth-order valence-corrected chi connectivity index (χ4v) is 0.468. The maximum atomic E-state index is 5.39. The topological polar surface area (TPSA) is 118 Å². The summed E-state index contributed by atoms with van der Waals surface area (Å²) in [4.78, 5) is 0. The Morgan fingerprint density at radius 2 is 1.91 bits per heavy atom. The predicted molar refractivity (Wildman–Crippen MR) is 42.8 cm³/mol. The zero-order valence-corrected chi connectivity index (χ0v) is 8.41. The number of hydrogen-bond donors (Lipinski definition) is 1. The molecule has 5 heteroatoms. The maximum absolute atomic E-state index is 5.39. The Morgan fingerprint density at radius 3 is 2.09 bits per heavy atom. The molecule has 0 saturated heterocycles. The van der Waals surface area contributed by atoms with E-state index in [1.807, 2.05) is 18.2 Å². The van der Waals surface area contributed by atoms with Crippen LogP contribution in [0.3, 0.4) is 0 Å². The molecule has 1 aliphatic rings. The third-order valence-corrected chi connectivity index (χ3v) is 0.849. The van der Waals surface area contributed by atoms with Crippen LogP contribution < -0.4 is 5.73 Å². The fraction of sp³-hybridized carbons (Fsp3) is 0.167. The van der Waals surface area contributed by atoms with Crippen molar-refractivity contribution in [3.63, 3.8) is 0 Å². The van der Waals surface area contributed by atoms with Crippen molar-refractivity contribution in [1.29, 1.82) is 0 Å². The molecule has 11 heavy (non-hydrogen) atoms. The Bertz CT molecular complexity index is 161. The summed E-state index contributed by atoms with van der Waals surface area (Å²) < 4.78 is 0. The molecule has 1 rings (SSSR count). The molecule has 0 fully saturated rings. The van der Waals surface area contributed by atoms with Crippen molar-refractivity contribution in [2.45, 2.75) is 6.42 Å². The predicted octanol–water partition coefficient (Wildman–Crippen LogP) is -0.615. The van der Waals surface area contributed by atoms with Crippen LogP contribution >= 0.6 is 0 Å². The summed E-state index contributed by atoms with van der Waals surface area (Å²) in [6, 6.07) is 0. The van der Waals surface area contributed by atoms with Gasteiger partial charge in [-0.3, -0.25) is 0 Å². The summed E-state index contributed by atoms with van der Waals surface area (Å²) in [5.41, 5.74) is 9.22. The van der Waals surface area contributed by atoms with Crippen molar-refractivity contribution in [2.24, 2.45) is 5.73 Å². The SMILES string of the molecule is NC1=CC=C=CC1.O.[OH-].[OH-].[Sb]. The van der Waals surface area contributed by atoms with Crippen molar-refractivity contribution >= 4 is 24.4 Å². The van der Waals surface area contributed by atoms with Gasteiger partial charge >= 0.3 is 0 Å². The van der Waals surface area contributed by atoms with Crippen LogP contribution in [0.5, 0.6) is 0 Å². The van der Waals surface area contributed by atoms with Crippen molar-refractivity contribution in [3.8, 4) is 0 Å². The van der Waals surface area contributed by atoms with Gasteiger partial charge in [-0.05, 0) is 18.2 Å². The number of nitrogens with two attached hydrogens (primary N) is 1. The average Bonchev–Trinajstić information content (AvgIpc) is 1.69. The van der Waals surface area contributed by atoms with Gasteiger partial charge in [-0.2, -0.15) is 0 Å². The first-order valence-electron chi connectivity index (χ1n) is 2.25. The van der Waals surface area contributed by atoms with E-state index in [-0.39, 0.29) is 40.9 Å². The van der Waals surface area contributed by atoms with E-state index < -0.39 is 0 Å². The molecule has 0 aromatic rings. The summed E-state index contributed by atoms with van der Waals surface area (Å²) >= 11 is 0. The molecule has 65 valence electrons. The molecule has 0 spiro atoms. The molecule has 0 aromatic heterocycles. The molecule has 0 amide bonds. The first kappa shape index (κ1) is 22.4. The standard InChI is InChI=1S/C6H7N.3H2O.Sb/c7-6-4-2-1-3-5-6;;;;/h2-4H,5,7H2;3*1H2;/p-2. The van der Waals surface area contributed by atoms with E-state index in [4.69, 9.17) is 5.73 Å². The Labute approximate surface area is 82.8 Å². The summed E-state index contributed by atoms with van der Waals surface area (Å²) in [6.07, 6.45) is 6.45. The van der Waals surface area contributed by atoms with Gasteiger partial charge in [-0.15, -0.1) is 5.73 Å². The van der Waals surface area contributed by atoms with Crippen LogP contribution in [-0.4, -0.2) is 40.9 Å². The Morgan fingerprint density at radius 1 is 1.36 bits per heavy atom. The van der Waals surface area contributed by atoms with Gasteiger partial charge in [0.15, 0.2) is 0 Å². The van der Waals surface area contributed by atoms with E-state index in [2.05, 4.69) is 5.73 Å². The molecule has 0 unspecified atom stereocenters. The van der Waals surface area contributed by atoms with E-state index in [0.29, 0.717) is 0 Å². The largest absolute Gasteiger partial charge is 0.870 e. The quantitative estimate of drug-likeness (QED) is 0.465. The first-order valence-corrected chi connectivity index (χ1v) is 2.25. The number of allylic oxidation sites excluding steroid dienone is 2. The fourth-order valence-electron chi connectivity index (χ4n) is 0.468. The Balaban J connectivity index is -0.0000000612. The van der Waals surface area contributed by atoms with E-state index in [1.165, 1.54) is 0 Å². The molecule has 1 aliphatic carbocycles. The van der Waals surface area contributed by atoms with Crippen molar-refractivity contribution < 1.29 is 16.4 Å². The van der Waals surface area contributed by atoms with Gasteiger partial charge in [-0.1, -0.05) is 0 Å². The van der Waals surface area contributed by atoms with E-state index in [1.54, 1.807) is 0 Å². The van der Waals surface area contributed by atoms with E-state index in [0.717, 1.165) is 12.1 Å². The van der Waals surface area contributed by atoms with Crippen LogP contribution in [-0.2, 0) is 0 Å². The van der Waals surface area contributed by atoms with Gasteiger partial charge in [0.25, 0.3) is 0 Å². The monoisotopic (exact) mass is 266 g/mol. The normalized spacial score (nSPS) is 10.7. The maximum Gasteiger partial charge on any atom is 0.0131 e. The molecule has 0 aromatic carbocycles. The van der Waals surface area contributed by atoms with Gasteiger partial charge in [0.05, 0.1) is 0 Å². The first-order chi connectivity index (χ1) is 3.39. The second-order valence-electron chi connectivity index (χ2n) is 1.48. The van der Waals surface area contributed by atoms with Gasteiger partial charge in [0.1, 0.15) is 0 Å². The van der Waals surface area contributed by atoms with Crippen LogP contribution in [0.15, 0.2) is 29.7 Å². The summed E-state index contributed by atoms with van der Waals surface area (Å²) in [5, 5.41) is 0. The summed E-state index contributed by atoms with van der Waals surface area (Å²) in [6.45, 7) is 0. The van der Waals surface area contributed by atoms with Gasteiger partial charge in [0, 0.05) is 36.5 Å². The minimum absolute atomic E-state index is 0. The molecule has 0 aliphatic heterocycles. The van der Waals surface area contributed by atoms with Crippen LogP contribution in [0, 0.1) is 0 Å². The molecule has 6 N–H and O–H groups in total. The zero-order valence-electron chi connectivity index (χ0n) is 5.86. The van der Waals surface area contributed by atoms with Crippen LogP contribution in [0.2, 0.25) is 0 Å². The average molecular weight is 267 g/mol. The van der Waals surface area contributed by atoms with Gasteiger partial charge < -0.3 is 22.2 Å². The molecule has 0 bridgehead atoms. The smallest absolute Gasteiger partial charge is 0.0131 e. The molecule has 0 saturated carbocycles. The minimum Gasteiger partial charge on any atom is -0.870 e. The molecular formula is C6H11NO3Sb-2. The van der Waals surface area contributed by atoms with Crippen LogP contribution in [0.25, 0.3) is 0 Å². The molecule has 0 heterocycles. The van der Waals surface area contributed by atoms with Crippen molar-refractivity contribution in [2.75, 3.05) is 0 Å². The Hall–Kier alpha value is -0.242. The number of hydrogen-bond acceptors (Lipinski definition) is 3. The van der Waals surface area contributed by atoms with Gasteiger partial charge in [-0.25, -0.2) is 0 Å². The van der Waals surface area contributed by atoms with Crippen molar-refractivity contribution in [3.05, 3.63) is 29.7 Å². The van der Waals surface area contributed by atoms with Gasteiger partial charge in [0.2, 0.25) is 0 Å². The van der Waals surface area contributed by atoms with E-state index >= 15 is 0 Å². The molecular weight excluding hydrogens is 256 g/mol. The Kier molecular flexibility index (Phi) is 25.4. The third-order valence-electron chi connectivity index (χ3n) is 0.849. The van der Waals surface area contributed by atoms with Crippen LogP contribution in [0.4, 0.5) is 0 Å². The minimum atomic E-state index is 0. The molecule has 0 atom stereocenters. The zero-order chi connectivity index (χ0) is 5.11. The molecule has 3 radical (unpaired) electrons. The van der Waals surface area contributed by atoms with Crippen molar-refractivity contribution in [1.82, 2.24) is 0 Å². The third kappa shape index (κ3) is 9.76. The molecule has 4 nitrogen and oxygen atoms in total. The number of rotatable bonds is 0. The summed E-state index contributed by atoms with van der Waals surface area (Å²) in [5.74, 6) is 0. The van der Waals surface area contributed by atoms with Crippen LogP contribution in [0.1, 0.15) is 6.42 Å². The van der Waals surface area contributed by atoms with E-state index in [9.17, 15) is 0 Å². The summed E-state index contributed by atoms with van der Waals surface area (Å²) in [7, 11) is 0.